The van der Waals surface area contributed by atoms with E-state index < -0.39 is 0 Å². The number of benzene rings is 1. The van der Waals surface area contributed by atoms with Crippen molar-refractivity contribution in [3.63, 3.8) is 0 Å². The third kappa shape index (κ3) is 15.6. The Morgan fingerprint density at radius 1 is 1.06 bits per heavy atom. The summed E-state index contributed by atoms with van der Waals surface area (Å²) in [6.45, 7) is 13.5. The zero-order valence-corrected chi connectivity index (χ0v) is 10.7. The third-order valence-corrected chi connectivity index (χ3v) is 1.48. The van der Waals surface area contributed by atoms with Crippen LogP contribution in [-0.4, -0.2) is 6.29 Å². The van der Waals surface area contributed by atoms with Gasteiger partial charge in [0.2, 0.25) is 0 Å². The standard InChI is InChI=1S/C7H5BrO.3CO.Cr/c8-7-3-1-2-6(4-7)5-9;3*1-2;/h1-5H;;;;. The van der Waals surface area contributed by atoms with E-state index in [-0.39, 0.29) is 17.4 Å². The van der Waals surface area contributed by atoms with Crippen LogP contribution in [0.4, 0.5) is 0 Å². The van der Waals surface area contributed by atoms with Gasteiger partial charge in [0, 0.05) is 27.4 Å². The molecule has 0 spiro atoms. The summed E-state index contributed by atoms with van der Waals surface area (Å²) in [6, 6.07) is 7.24. The summed E-state index contributed by atoms with van der Waals surface area (Å²) in [5.74, 6) is 0. The van der Waals surface area contributed by atoms with Crippen LogP contribution in [0.1, 0.15) is 10.4 Å². The zero-order valence-electron chi connectivity index (χ0n) is 7.81. The first-order valence-corrected chi connectivity index (χ1v) is 3.94. The monoisotopic (exact) mass is 320 g/mol. The molecule has 0 amide bonds. The Hall–Kier alpha value is -0.878. The van der Waals surface area contributed by atoms with Crippen LogP contribution in [0.15, 0.2) is 28.7 Å². The molecule has 0 N–H and O–H groups in total. The molecule has 0 saturated carbocycles. The van der Waals surface area contributed by atoms with Gasteiger partial charge in [0.05, 0.1) is 0 Å². The first kappa shape index (κ1) is 24.4. The molecule has 4 nitrogen and oxygen atoms in total. The fraction of sp³-hybridized carbons (Fsp3) is 0. The van der Waals surface area contributed by atoms with Gasteiger partial charge in [0.25, 0.3) is 0 Å². The van der Waals surface area contributed by atoms with E-state index in [0.29, 0.717) is 5.56 Å². The van der Waals surface area contributed by atoms with E-state index in [0.717, 1.165) is 10.8 Å². The first-order valence-electron chi connectivity index (χ1n) is 3.15. The Morgan fingerprint density at radius 3 is 1.75 bits per heavy atom. The minimum absolute atomic E-state index is 0. The Labute approximate surface area is 112 Å². The zero-order chi connectivity index (χ0) is 12.7. The van der Waals surface area contributed by atoms with Crippen molar-refractivity contribution in [1.29, 1.82) is 0 Å². The minimum Gasteiger partial charge on any atom is 0 e. The third-order valence-electron chi connectivity index (χ3n) is 0.985. The molecule has 0 fully saturated rings. The predicted molar refractivity (Wildman–Crippen MR) is 51.3 cm³/mol. The Kier molecular flexibility index (Phi) is 36.2. The van der Waals surface area contributed by atoms with Gasteiger partial charge in [-0.25, -0.2) is 0 Å². The van der Waals surface area contributed by atoms with Crippen LogP contribution in [0.2, 0.25) is 0 Å². The second kappa shape index (κ2) is 23.7. The maximum absolute atomic E-state index is 10.1. The van der Waals surface area contributed by atoms with Gasteiger partial charge in [0.1, 0.15) is 6.29 Å². The molecule has 6 heteroatoms. The van der Waals surface area contributed by atoms with E-state index >= 15 is 0 Å². The van der Waals surface area contributed by atoms with Crippen LogP contribution in [0.5, 0.6) is 0 Å². The van der Waals surface area contributed by atoms with Gasteiger partial charge in [-0.05, 0) is 12.1 Å². The van der Waals surface area contributed by atoms with Gasteiger partial charge in [-0.2, -0.15) is 0 Å². The van der Waals surface area contributed by atoms with Crippen molar-refractivity contribution in [1.82, 2.24) is 0 Å². The van der Waals surface area contributed by atoms with Crippen LogP contribution in [0.25, 0.3) is 0 Å². The fourth-order valence-corrected chi connectivity index (χ4v) is 0.997. The summed E-state index contributed by atoms with van der Waals surface area (Å²) in [5, 5.41) is 0. The topological polar surface area (TPSA) is 76.8 Å². The van der Waals surface area contributed by atoms with Crippen molar-refractivity contribution in [2.75, 3.05) is 0 Å². The molecular formula is C10H5BrCrO4. The predicted octanol–water partition coefficient (Wildman–Crippen LogP) is 2.15. The van der Waals surface area contributed by atoms with Gasteiger partial charge < -0.3 is 0 Å². The van der Waals surface area contributed by atoms with Crippen LogP contribution < -0.4 is 0 Å². The van der Waals surface area contributed by atoms with Gasteiger partial charge in [-0.3, -0.25) is 4.79 Å². The number of aldehydes is 1. The molecule has 0 unspecified atom stereocenters. The minimum atomic E-state index is 0. The van der Waals surface area contributed by atoms with Gasteiger partial charge in [-0.1, -0.05) is 28.1 Å². The van der Waals surface area contributed by atoms with Gasteiger partial charge >= 0.3 is 33.9 Å². The number of hydrogen-bond donors (Lipinski definition) is 0. The second-order valence-electron chi connectivity index (χ2n) is 1.67. The summed E-state index contributed by atoms with van der Waals surface area (Å²) < 4.78 is 23.4. The molecule has 16 heavy (non-hydrogen) atoms. The molecule has 0 aliphatic heterocycles. The summed E-state index contributed by atoms with van der Waals surface area (Å²) >= 11 is 3.24. The number of carbonyl (C=O) groups is 1. The number of hydrogen-bond acceptors (Lipinski definition) is 1. The molecule has 0 atom stereocenters. The molecule has 82 valence electrons. The summed E-state index contributed by atoms with van der Waals surface area (Å²) in [4.78, 5) is 10.1. The van der Waals surface area contributed by atoms with Gasteiger partial charge in [0.15, 0.2) is 0 Å². The molecular weight excluding hydrogens is 316 g/mol. The molecule has 0 aliphatic rings. The Balaban J connectivity index is -0.0000000900. The van der Waals surface area contributed by atoms with Gasteiger partial charge in [-0.15, -0.1) is 0 Å². The number of carbonyl (C=O) groups excluding carboxylic acids is 1. The van der Waals surface area contributed by atoms with Crippen LogP contribution in [0, 0.1) is 20.0 Å². The largest absolute Gasteiger partial charge is 0 e. The van der Waals surface area contributed by atoms with E-state index in [9.17, 15) is 4.79 Å². The van der Waals surface area contributed by atoms with E-state index in [1.165, 1.54) is 0 Å². The second-order valence-corrected chi connectivity index (χ2v) is 2.59. The number of rotatable bonds is 1. The van der Waals surface area contributed by atoms with Crippen molar-refractivity contribution >= 4 is 22.2 Å². The van der Waals surface area contributed by atoms with Crippen LogP contribution in [0.3, 0.4) is 0 Å². The van der Waals surface area contributed by atoms with Crippen molar-refractivity contribution < 1.29 is 36.1 Å². The quantitative estimate of drug-likeness (QED) is 0.443. The maximum atomic E-state index is 10.1. The summed E-state index contributed by atoms with van der Waals surface area (Å²) in [5.41, 5.74) is 0.698. The molecule has 0 heterocycles. The SMILES string of the molecule is O=Cc1cccc(Br)c1.[C-]#[O+].[C-]#[O+].[C-]#[O+].[Cr]. The molecule has 1 rings (SSSR count). The molecule has 0 saturated heterocycles. The molecule has 0 aromatic heterocycles. The van der Waals surface area contributed by atoms with Crippen molar-refractivity contribution in [2.24, 2.45) is 0 Å². The van der Waals surface area contributed by atoms with Crippen LogP contribution >= 0.6 is 15.9 Å². The smallest absolute Gasteiger partial charge is 0 e. The Bertz CT molecular complexity index is 319. The molecule has 0 aliphatic carbocycles. The van der Waals surface area contributed by atoms with Crippen molar-refractivity contribution in [3.8, 4) is 0 Å². The fourth-order valence-electron chi connectivity index (χ4n) is 0.580. The number of halogens is 1. The molecule has 0 bridgehead atoms. The van der Waals surface area contributed by atoms with E-state index in [1.54, 1.807) is 12.1 Å². The molecule has 0 radical (unpaired) electrons. The van der Waals surface area contributed by atoms with E-state index in [2.05, 4.69) is 35.9 Å². The van der Waals surface area contributed by atoms with Crippen molar-refractivity contribution in [3.05, 3.63) is 54.3 Å². The first-order chi connectivity index (χ1) is 7.33. The molecule has 1 aromatic rings. The summed E-state index contributed by atoms with van der Waals surface area (Å²) in [7, 11) is 0. The van der Waals surface area contributed by atoms with E-state index in [4.69, 9.17) is 14.0 Å². The maximum Gasteiger partial charge on any atom is 0 e. The van der Waals surface area contributed by atoms with Crippen molar-refractivity contribution in [2.45, 2.75) is 0 Å². The summed E-state index contributed by atoms with van der Waals surface area (Å²) in [6.07, 6.45) is 0.824. The average Bonchev–Trinajstić information content (AvgIpc) is 2.36. The van der Waals surface area contributed by atoms with E-state index in [1.807, 2.05) is 12.1 Å². The Morgan fingerprint density at radius 2 is 1.50 bits per heavy atom. The average molecular weight is 321 g/mol. The molecule has 1 aromatic carbocycles. The normalized spacial score (nSPS) is 5.44. The van der Waals surface area contributed by atoms with Crippen LogP contribution in [-0.2, 0) is 31.3 Å².